The summed E-state index contributed by atoms with van der Waals surface area (Å²) in [6.45, 7) is 4.21. The molecule has 0 aliphatic carbocycles. The molecule has 2 unspecified atom stereocenters. The predicted octanol–water partition coefficient (Wildman–Crippen LogP) is 2.83. The van der Waals surface area contributed by atoms with Gasteiger partial charge in [0.05, 0.1) is 6.04 Å². The van der Waals surface area contributed by atoms with Gasteiger partial charge in [0.15, 0.2) is 0 Å². The highest BCUT2D eigenvalue weighted by molar-refractivity contribution is 6.21. The Morgan fingerprint density at radius 2 is 2.12 bits per heavy atom. The molecule has 2 atom stereocenters. The van der Waals surface area contributed by atoms with Gasteiger partial charge >= 0.3 is 0 Å². The van der Waals surface area contributed by atoms with E-state index in [0.717, 1.165) is 19.5 Å². The number of hydrogen-bond acceptors (Lipinski definition) is 2. The fraction of sp³-hybridized carbons (Fsp3) is 0.538. The summed E-state index contributed by atoms with van der Waals surface area (Å²) in [6, 6.07) is 11.0. The van der Waals surface area contributed by atoms with Gasteiger partial charge in [-0.05, 0) is 18.6 Å². The first kappa shape index (κ1) is 11.7. The van der Waals surface area contributed by atoms with Crippen LogP contribution in [0.4, 0.5) is 5.69 Å². The van der Waals surface area contributed by atoms with Crippen molar-refractivity contribution in [2.24, 2.45) is 0 Å². The van der Waals surface area contributed by atoms with E-state index in [1.165, 1.54) is 12.1 Å². The third-order valence-corrected chi connectivity index (χ3v) is 3.55. The van der Waals surface area contributed by atoms with Crippen molar-refractivity contribution in [3.8, 4) is 0 Å². The average molecular weight is 239 g/mol. The molecular weight excluding hydrogens is 220 g/mol. The Hall–Kier alpha value is -0.730. The van der Waals surface area contributed by atoms with Crippen LogP contribution < -0.4 is 10.2 Å². The topological polar surface area (TPSA) is 15.3 Å². The Bertz CT molecular complexity index is 315. The number of rotatable bonds is 3. The minimum absolute atomic E-state index is 0.0638. The van der Waals surface area contributed by atoms with Crippen LogP contribution in [0.2, 0.25) is 0 Å². The summed E-state index contributed by atoms with van der Waals surface area (Å²) in [4.78, 5) is 2.43. The Kier molecular flexibility index (Phi) is 4.08. The number of anilines is 1. The van der Waals surface area contributed by atoms with Gasteiger partial charge < -0.3 is 4.90 Å². The van der Waals surface area contributed by atoms with E-state index < -0.39 is 0 Å². The van der Waals surface area contributed by atoms with Crippen molar-refractivity contribution in [1.82, 2.24) is 5.32 Å². The van der Waals surface area contributed by atoms with E-state index in [1.807, 2.05) is 0 Å². The minimum Gasteiger partial charge on any atom is -0.364 e. The summed E-state index contributed by atoms with van der Waals surface area (Å²) in [5.74, 6) is 0. The van der Waals surface area contributed by atoms with Gasteiger partial charge in [-0.25, -0.2) is 0 Å². The second-order valence-corrected chi connectivity index (χ2v) is 4.71. The molecule has 1 saturated heterocycles. The Morgan fingerprint density at radius 3 is 2.81 bits per heavy atom. The van der Waals surface area contributed by atoms with Gasteiger partial charge in [-0.3, -0.25) is 5.32 Å². The summed E-state index contributed by atoms with van der Waals surface area (Å²) in [6.07, 6.45) is 2.30. The molecule has 0 bridgehead atoms. The molecule has 0 saturated carbocycles. The van der Waals surface area contributed by atoms with Crippen molar-refractivity contribution in [3.05, 3.63) is 30.3 Å². The molecule has 0 amide bonds. The van der Waals surface area contributed by atoms with E-state index in [9.17, 15) is 0 Å². The first-order chi connectivity index (χ1) is 7.83. The van der Waals surface area contributed by atoms with Crippen LogP contribution in [-0.4, -0.2) is 24.6 Å². The maximum absolute atomic E-state index is 6.35. The molecule has 3 heteroatoms. The molecule has 0 aromatic heterocycles. The lowest BCUT2D eigenvalue weighted by molar-refractivity contribution is 0.419. The van der Waals surface area contributed by atoms with Crippen LogP contribution in [0.15, 0.2) is 30.3 Å². The molecule has 88 valence electrons. The summed E-state index contributed by atoms with van der Waals surface area (Å²) in [5, 5.41) is 3.34. The Morgan fingerprint density at radius 1 is 1.38 bits per heavy atom. The van der Waals surface area contributed by atoms with Crippen LogP contribution in [0.3, 0.4) is 0 Å². The fourth-order valence-corrected chi connectivity index (χ4v) is 2.69. The fourth-order valence-electron chi connectivity index (χ4n) is 2.32. The number of benzene rings is 1. The zero-order valence-electron chi connectivity index (χ0n) is 9.70. The van der Waals surface area contributed by atoms with Crippen LogP contribution in [0.25, 0.3) is 0 Å². The van der Waals surface area contributed by atoms with Gasteiger partial charge in [0.2, 0.25) is 0 Å². The standard InChI is InChI=1S/C13H19ClN2/c1-2-6-12-13(14)15-9-10-16(12)11-7-4-3-5-8-11/h3-5,7-8,12-13,15H,2,6,9-10H2,1H3. The van der Waals surface area contributed by atoms with Crippen LogP contribution in [0.5, 0.6) is 0 Å². The lowest BCUT2D eigenvalue weighted by atomic mass is 10.1. The van der Waals surface area contributed by atoms with Crippen LogP contribution >= 0.6 is 11.6 Å². The SMILES string of the molecule is CCCC1C(Cl)NCCN1c1ccccc1. The second-order valence-electron chi connectivity index (χ2n) is 4.24. The van der Waals surface area contributed by atoms with Crippen molar-refractivity contribution in [3.63, 3.8) is 0 Å². The van der Waals surface area contributed by atoms with Gasteiger partial charge in [0, 0.05) is 18.8 Å². The molecule has 16 heavy (non-hydrogen) atoms. The highest BCUT2D eigenvalue weighted by Gasteiger charge is 2.28. The van der Waals surface area contributed by atoms with Crippen molar-refractivity contribution in [2.45, 2.75) is 31.3 Å². The molecule has 1 aliphatic heterocycles. The van der Waals surface area contributed by atoms with E-state index in [-0.39, 0.29) is 5.50 Å². The molecule has 0 spiro atoms. The maximum Gasteiger partial charge on any atom is 0.103 e. The predicted molar refractivity (Wildman–Crippen MR) is 70.1 cm³/mol. The molecule has 2 nitrogen and oxygen atoms in total. The maximum atomic E-state index is 6.35. The third-order valence-electron chi connectivity index (χ3n) is 3.10. The summed E-state index contributed by atoms with van der Waals surface area (Å²) in [7, 11) is 0. The largest absolute Gasteiger partial charge is 0.364 e. The number of para-hydroxylation sites is 1. The number of halogens is 1. The number of alkyl halides is 1. The summed E-state index contributed by atoms with van der Waals surface area (Å²) in [5.41, 5.74) is 1.35. The molecule has 1 heterocycles. The van der Waals surface area contributed by atoms with Crippen LogP contribution in [0.1, 0.15) is 19.8 Å². The molecule has 0 radical (unpaired) electrons. The first-order valence-corrected chi connectivity index (χ1v) is 6.45. The second kappa shape index (κ2) is 5.55. The van der Waals surface area contributed by atoms with Gasteiger partial charge in [0.1, 0.15) is 5.50 Å². The third kappa shape index (κ3) is 2.50. The molecule has 1 N–H and O–H groups in total. The molecule has 1 aromatic rings. The summed E-state index contributed by atoms with van der Waals surface area (Å²) < 4.78 is 0. The molecule has 2 rings (SSSR count). The smallest absolute Gasteiger partial charge is 0.103 e. The van der Waals surface area contributed by atoms with Gasteiger partial charge in [-0.1, -0.05) is 31.5 Å². The van der Waals surface area contributed by atoms with E-state index in [4.69, 9.17) is 11.6 Å². The number of nitrogens with one attached hydrogen (secondary N) is 1. The van der Waals surface area contributed by atoms with Gasteiger partial charge in [-0.2, -0.15) is 0 Å². The van der Waals surface area contributed by atoms with Crippen LogP contribution in [0, 0.1) is 0 Å². The number of hydrogen-bond donors (Lipinski definition) is 1. The first-order valence-electron chi connectivity index (χ1n) is 6.02. The average Bonchev–Trinajstić information content (AvgIpc) is 2.33. The van der Waals surface area contributed by atoms with E-state index >= 15 is 0 Å². The van der Waals surface area contributed by atoms with Crippen molar-refractivity contribution >= 4 is 17.3 Å². The normalized spacial score (nSPS) is 25.8. The molecular formula is C13H19ClN2. The lowest BCUT2D eigenvalue weighted by Gasteiger charge is -2.41. The Balaban J connectivity index is 2.17. The highest BCUT2D eigenvalue weighted by Crippen LogP contribution is 2.24. The number of piperazine rings is 1. The highest BCUT2D eigenvalue weighted by atomic mass is 35.5. The van der Waals surface area contributed by atoms with Crippen molar-refractivity contribution < 1.29 is 0 Å². The lowest BCUT2D eigenvalue weighted by Crippen LogP contribution is -2.55. The molecule has 1 aromatic carbocycles. The molecule has 1 aliphatic rings. The van der Waals surface area contributed by atoms with Crippen LogP contribution in [-0.2, 0) is 0 Å². The number of nitrogens with zero attached hydrogens (tertiary/aromatic N) is 1. The van der Waals surface area contributed by atoms with E-state index in [0.29, 0.717) is 6.04 Å². The zero-order valence-corrected chi connectivity index (χ0v) is 10.5. The monoisotopic (exact) mass is 238 g/mol. The Labute approximate surface area is 103 Å². The molecule has 1 fully saturated rings. The van der Waals surface area contributed by atoms with E-state index in [1.54, 1.807) is 0 Å². The summed E-state index contributed by atoms with van der Waals surface area (Å²) >= 11 is 6.35. The minimum atomic E-state index is 0.0638. The van der Waals surface area contributed by atoms with Gasteiger partial charge in [0.25, 0.3) is 0 Å². The van der Waals surface area contributed by atoms with Crippen molar-refractivity contribution in [1.29, 1.82) is 0 Å². The van der Waals surface area contributed by atoms with Gasteiger partial charge in [-0.15, -0.1) is 11.6 Å². The zero-order chi connectivity index (χ0) is 11.4. The quantitative estimate of drug-likeness (QED) is 0.644. The van der Waals surface area contributed by atoms with Crippen molar-refractivity contribution in [2.75, 3.05) is 18.0 Å². The van der Waals surface area contributed by atoms with E-state index in [2.05, 4.69) is 47.5 Å².